The molecule has 6 heteroatoms. The predicted octanol–water partition coefficient (Wildman–Crippen LogP) is 4.97. The van der Waals surface area contributed by atoms with E-state index in [-0.39, 0.29) is 11.0 Å². The van der Waals surface area contributed by atoms with Gasteiger partial charge in [0.2, 0.25) is 5.91 Å². The van der Waals surface area contributed by atoms with E-state index in [4.69, 9.17) is 17.0 Å². The average Bonchev–Trinajstić information content (AvgIpc) is 2.74. The number of thiocarbonyl (C=S) groups is 1. The van der Waals surface area contributed by atoms with Gasteiger partial charge in [-0.25, -0.2) is 0 Å². The SMILES string of the molecule is COc1ccccc1/C=C/C(=O)NC(=S)Nc1ccc(Nc2ccccc2)cc1. The quantitative estimate of drug-likeness (QED) is 0.401. The number of nitrogens with one attached hydrogen (secondary N) is 3. The smallest absolute Gasteiger partial charge is 0.250 e. The van der Waals surface area contributed by atoms with Crippen LogP contribution >= 0.6 is 12.2 Å². The van der Waals surface area contributed by atoms with Crippen molar-refractivity contribution in [2.45, 2.75) is 0 Å². The van der Waals surface area contributed by atoms with Crippen molar-refractivity contribution in [3.8, 4) is 5.75 Å². The summed E-state index contributed by atoms with van der Waals surface area (Å²) in [6.07, 6.45) is 3.10. The summed E-state index contributed by atoms with van der Waals surface area (Å²) in [5.74, 6) is 0.372. The highest BCUT2D eigenvalue weighted by molar-refractivity contribution is 7.80. The minimum atomic E-state index is -0.323. The summed E-state index contributed by atoms with van der Waals surface area (Å²) in [4.78, 5) is 12.1. The molecular formula is C23H21N3O2S. The van der Waals surface area contributed by atoms with E-state index in [1.165, 1.54) is 6.08 Å². The number of anilines is 3. The summed E-state index contributed by atoms with van der Waals surface area (Å²) in [6, 6.07) is 25.0. The molecule has 3 aromatic rings. The number of carbonyl (C=O) groups is 1. The van der Waals surface area contributed by atoms with Gasteiger partial charge in [0.25, 0.3) is 0 Å². The third kappa shape index (κ3) is 6.19. The molecule has 0 atom stereocenters. The zero-order chi connectivity index (χ0) is 20.5. The van der Waals surface area contributed by atoms with Crippen LogP contribution in [0.15, 0.2) is 84.9 Å². The van der Waals surface area contributed by atoms with Gasteiger partial charge in [0, 0.05) is 28.7 Å². The van der Waals surface area contributed by atoms with Gasteiger partial charge in [0.1, 0.15) is 5.75 Å². The second kappa shape index (κ2) is 10.1. The van der Waals surface area contributed by atoms with Gasteiger partial charge in [-0.15, -0.1) is 0 Å². The lowest BCUT2D eigenvalue weighted by Gasteiger charge is -2.10. The first-order valence-corrected chi connectivity index (χ1v) is 9.40. The van der Waals surface area contributed by atoms with Crippen LogP contribution in [0, 0.1) is 0 Å². The minimum Gasteiger partial charge on any atom is -0.496 e. The summed E-state index contributed by atoms with van der Waals surface area (Å²) < 4.78 is 5.26. The van der Waals surface area contributed by atoms with Gasteiger partial charge in [-0.05, 0) is 60.8 Å². The molecule has 0 aromatic heterocycles. The van der Waals surface area contributed by atoms with E-state index in [1.807, 2.05) is 78.9 Å². The fraction of sp³-hybridized carbons (Fsp3) is 0.0435. The fourth-order valence-corrected chi connectivity index (χ4v) is 2.83. The zero-order valence-corrected chi connectivity index (χ0v) is 16.7. The molecule has 5 nitrogen and oxygen atoms in total. The molecule has 0 heterocycles. The van der Waals surface area contributed by atoms with Gasteiger partial charge in [0.15, 0.2) is 5.11 Å². The van der Waals surface area contributed by atoms with Crippen LogP contribution in [0.1, 0.15) is 5.56 Å². The Labute approximate surface area is 175 Å². The second-order valence-electron chi connectivity index (χ2n) is 6.09. The van der Waals surface area contributed by atoms with E-state index >= 15 is 0 Å². The highest BCUT2D eigenvalue weighted by atomic mass is 32.1. The van der Waals surface area contributed by atoms with E-state index in [0.717, 1.165) is 22.6 Å². The average molecular weight is 404 g/mol. The number of hydrogen-bond acceptors (Lipinski definition) is 4. The number of methoxy groups -OCH3 is 1. The largest absolute Gasteiger partial charge is 0.496 e. The van der Waals surface area contributed by atoms with E-state index in [2.05, 4.69) is 16.0 Å². The van der Waals surface area contributed by atoms with Crippen LogP contribution in [-0.4, -0.2) is 18.1 Å². The Hall–Kier alpha value is -3.64. The van der Waals surface area contributed by atoms with Crippen molar-refractivity contribution < 1.29 is 9.53 Å². The lowest BCUT2D eigenvalue weighted by molar-refractivity contribution is -0.115. The third-order valence-corrected chi connectivity index (χ3v) is 4.20. The standard InChI is InChI=1S/C23H21N3O2S/c1-28-21-10-6-5-7-17(21)11-16-22(27)26-23(29)25-20-14-12-19(13-15-20)24-18-8-3-2-4-9-18/h2-16,24H,1H3,(H2,25,26,27,29)/b16-11+. The molecule has 3 aromatic carbocycles. The van der Waals surface area contributed by atoms with Crippen LogP contribution in [0.3, 0.4) is 0 Å². The van der Waals surface area contributed by atoms with Gasteiger partial charge in [-0.2, -0.15) is 0 Å². The van der Waals surface area contributed by atoms with Crippen molar-refractivity contribution in [3.63, 3.8) is 0 Å². The normalized spacial score (nSPS) is 10.4. The van der Waals surface area contributed by atoms with Gasteiger partial charge in [-0.1, -0.05) is 36.4 Å². The Balaban J connectivity index is 1.52. The summed E-state index contributed by atoms with van der Waals surface area (Å²) in [7, 11) is 1.59. The summed E-state index contributed by atoms with van der Waals surface area (Å²) >= 11 is 5.21. The van der Waals surface area contributed by atoms with Crippen LogP contribution in [0.5, 0.6) is 5.75 Å². The molecule has 0 fully saturated rings. The monoisotopic (exact) mass is 403 g/mol. The van der Waals surface area contributed by atoms with Crippen molar-refractivity contribution in [1.82, 2.24) is 5.32 Å². The Morgan fingerprint density at radius 2 is 1.48 bits per heavy atom. The van der Waals surface area contributed by atoms with E-state index in [1.54, 1.807) is 13.2 Å². The maximum Gasteiger partial charge on any atom is 0.250 e. The van der Waals surface area contributed by atoms with Crippen LogP contribution in [-0.2, 0) is 4.79 Å². The molecule has 29 heavy (non-hydrogen) atoms. The number of hydrogen-bond donors (Lipinski definition) is 3. The number of carbonyl (C=O) groups excluding carboxylic acids is 1. The first kappa shape index (κ1) is 20.1. The molecule has 0 radical (unpaired) electrons. The molecule has 146 valence electrons. The number of para-hydroxylation sites is 2. The molecule has 0 bridgehead atoms. The zero-order valence-electron chi connectivity index (χ0n) is 15.9. The van der Waals surface area contributed by atoms with Crippen LogP contribution in [0.25, 0.3) is 6.08 Å². The Morgan fingerprint density at radius 3 is 2.21 bits per heavy atom. The third-order valence-electron chi connectivity index (χ3n) is 4.00. The molecule has 0 saturated carbocycles. The Morgan fingerprint density at radius 1 is 0.862 bits per heavy atom. The van der Waals surface area contributed by atoms with Gasteiger partial charge in [-0.3, -0.25) is 10.1 Å². The number of rotatable bonds is 6. The number of amides is 1. The molecule has 0 saturated heterocycles. The van der Waals surface area contributed by atoms with E-state index in [9.17, 15) is 4.79 Å². The molecule has 0 spiro atoms. The molecule has 0 aliphatic carbocycles. The highest BCUT2D eigenvalue weighted by Gasteiger charge is 2.03. The molecule has 3 rings (SSSR count). The maximum absolute atomic E-state index is 12.1. The van der Waals surface area contributed by atoms with Crippen molar-refractivity contribution in [2.75, 3.05) is 17.7 Å². The van der Waals surface area contributed by atoms with Crippen molar-refractivity contribution >= 4 is 46.4 Å². The molecule has 3 N–H and O–H groups in total. The van der Waals surface area contributed by atoms with Crippen molar-refractivity contribution in [2.24, 2.45) is 0 Å². The van der Waals surface area contributed by atoms with E-state index < -0.39 is 0 Å². The van der Waals surface area contributed by atoms with E-state index in [0.29, 0.717) is 5.75 Å². The minimum absolute atomic E-state index is 0.225. The lowest BCUT2D eigenvalue weighted by Crippen LogP contribution is -2.32. The fourth-order valence-electron chi connectivity index (χ4n) is 2.61. The number of benzene rings is 3. The first-order valence-electron chi connectivity index (χ1n) is 8.99. The summed E-state index contributed by atoms with van der Waals surface area (Å²) in [5.41, 5.74) is 3.56. The molecule has 1 amide bonds. The summed E-state index contributed by atoms with van der Waals surface area (Å²) in [6.45, 7) is 0. The molecule has 0 aliphatic rings. The second-order valence-corrected chi connectivity index (χ2v) is 6.50. The Kier molecular flexibility index (Phi) is 6.97. The summed E-state index contributed by atoms with van der Waals surface area (Å²) in [5, 5.41) is 9.16. The number of ether oxygens (including phenoxy) is 1. The van der Waals surface area contributed by atoms with Crippen molar-refractivity contribution in [3.05, 3.63) is 90.5 Å². The predicted molar refractivity (Wildman–Crippen MR) is 123 cm³/mol. The lowest BCUT2D eigenvalue weighted by atomic mass is 10.2. The van der Waals surface area contributed by atoms with Crippen LogP contribution in [0.4, 0.5) is 17.1 Å². The van der Waals surface area contributed by atoms with Gasteiger partial charge in [0.05, 0.1) is 7.11 Å². The van der Waals surface area contributed by atoms with Crippen LogP contribution in [0.2, 0.25) is 0 Å². The van der Waals surface area contributed by atoms with Crippen LogP contribution < -0.4 is 20.7 Å². The topological polar surface area (TPSA) is 62.4 Å². The maximum atomic E-state index is 12.1. The van der Waals surface area contributed by atoms with Crippen molar-refractivity contribution in [1.29, 1.82) is 0 Å². The molecular weight excluding hydrogens is 382 g/mol. The molecule has 0 unspecified atom stereocenters. The van der Waals surface area contributed by atoms with Gasteiger partial charge < -0.3 is 15.4 Å². The highest BCUT2D eigenvalue weighted by Crippen LogP contribution is 2.19. The first-order chi connectivity index (χ1) is 14.1. The Bertz CT molecular complexity index is 1000. The molecule has 0 aliphatic heterocycles. The van der Waals surface area contributed by atoms with Gasteiger partial charge >= 0.3 is 0 Å².